The Morgan fingerprint density at radius 2 is 2.11 bits per heavy atom. The van der Waals surface area contributed by atoms with Crippen LogP contribution in [0.1, 0.15) is 23.7 Å². The van der Waals surface area contributed by atoms with E-state index in [-0.39, 0.29) is 23.3 Å². The third-order valence-electron chi connectivity index (χ3n) is 3.58. The zero-order valence-corrected chi connectivity index (χ0v) is 11.9. The van der Waals surface area contributed by atoms with Gasteiger partial charge in [0.1, 0.15) is 0 Å². The van der Waals surface area contributed by atoms with Crippen LogP contribution in [-0.2, 0) is 9.84 Å². The summed E-state index contributed by atoms with van der Waals surface area (Å²) in [5.74, 6) is 0.312. The Balaban J connectivity index is 2.27. The molecule has 0 saturated carbocycles. The summed E-state index contributed by atoms with van der Waals surface area (Å²) in [6.45, 7) is 1.47. The van der Waals surface area contributed by atoms with Crippen molar-refractivity contribution in [2.45, 2.75) is 19.4 Å². The van der Waals surface area contributed by atoms with Gasteiger partial charge in [-0.1, -0.05) is 0 Å². The van der Waals surface area contributed by atoms with Gasteiger partial charge in [-0.05, 0) is 31.5 Å². The molecule has 1 aliphatic rings. The minimum absolute atomic E-state index is 0.0339. The van der Waals surface area contributed by atoms with Crippen molar-refractivity contribution < 1.29 is 13.2 Å². The SMILES string of the molecule is CC(=O)c1cc(N(C)C2CCS(=O)(=O)C2)ccc1N. The van der Waals surface area contributed by atoms with E-state index in [2.05, 4.69) is 0 Å². The second kappa shape index (κ2) is 4.85. The molecule has 0 aromatic heterocycles. The maximum absolute atomic E-state index is 11.5. The topological polar surface area (TPSA) is 80.5 Å². The van der Waals surface area contributed by atoms with Gasteiger partial charge in [0.2, 0.25) is 0 Å². The maximum Gasteiger partial charge on any atom is 0.161 e. The summed E-state index contributed by atoms with van der Waals surface area (Å²) >= 11 is 0. The van der Waals surface area contributed by atoms with Gasteiger partial charge in [0.25, 0.3) is 0 Å². The smallest absolute Gasteiger partial charge is 0.161 e. The van der Waals surface area contributed by atoms with Gasteiger partial charge in [0.05, 0.1) is 11.5 Å². The molecule has 0 aliphatic carbocycles. The van der Waals surface area contributed by atoms with Gasteiger partial charge >= 0.3 is 0 Å². The summed E-state index contributed by atoms with van der Waals surface area (Å²) in [6, 6.07) is 5.19. The van der Waals surface area contributed by atoms with Crippen LogP contribution in [-0.4, -0.2) is 38.8 Å². The maximum atomic E-state index is 11.5. The number of carbonyl (C=O) groups is 1. The lowest BCUT2D eigenvalue weighted by Crippen LogP contribution is -2.32. The van der Waals surface area contributed by atoms with Gasteiger partial charge in [-0.3, -0.25) is 4.79 Å². The number of nitrogen functional groups attached to an aromatic ring is 1. The van der Waals surface area contributed by atoms with Crippen molar-refractivity contribution in [3.63, 3.8) is 0 Å². The lowest BCUT2D eigenvalue weighted by molar-refractivity contribution is 0.101. The monoisotopic (exact) mass is 282 g/mol. The molecule has 1 unspecified atom stereocenters. The molecule has 6 heteroatoms. The number of Topliss-reactive ketones (excluding diaryl/α,β-unsaturated/α-hetero) is 1. The number of anilines is 2. The van der Waals surface area contributed by atoms with Crippen LogP contribution in [0.3, 0.4) is 0 Å². The van der Waals surface area contributed by atoms with E-state index in [0.717, 1.165) is 5.69 Å². The Kier molecular flexibility index (Phi) is 3.54. The standard InChI is InChI=1S/C13H18N2O3S/c1-9(16)12-7-10(3-4-13(12)14)15(2)11-5-6-19(17,18)8-11/h3-4,7,11H,5-6,8,14H2,1-2H3. The van der Waals surface area contributed by atoms with Crippen molar-refractivity contribution in [2.24, 2.45) is 0 Å². The quantitative estimate of drug-likeness (QED) is 0.663. The number of benzene rings is 1. The summed E-state index contributed by atoms with van der Waals surface area (Å²) in [5, 5.41) is 0. The average molecular weight is 282 g/mol. The number of rotatable bonds is 3. The molecule has 0 bridgehead atoms. The highest BCUT2D eigenvalue weighted by molar-refractivity contribution is 7.91. The molecular formula is C13H18N2O3S. The summed E-state index contributed by atoms with van der Waals surface area (Å²) in [7, 11) is -1.07. The van der Waals surface area contributed by atoms with E-state index in [0.29, 0.717) is 17.7 Å². The number of ketones is 1. The van der Waals surface area contributed by atoms with Gasteiger partial charge in [0.15, 0.2) is 15.6 Å². The van der Waals surface area contributed by atoms with Crippen molar-refractivity contribution in [1.82, 2.24) is 0 Å². The van der Waals surface area contributed by atoms with E-state index in [1.54, 1.807) is 12.1 Å². The van der Waals surface area contributed by atoms with E-state index in [9.17, 15) is 13.2 Å². The average Bonchev–Trinajstić information content (AvgIpc) is 2.69. The van der Waals surface area contributed by atoms with Gasteiger partial charge in [-0.25, -0.2) is 8.42 Å². The second-order valence-electron chi connectivity index (χ2n) is 5.00. The molecule has 104 valence electrons. The highest BCUT2D eigenvalue weighted by atomic mass is 32.2. The molecule has 1 atom stereocenters. The number of hydrogen-bond donors (Lipinski definition) is 1. The number of carbonyl (C=O) groups excluding carboxylic acids is 1. The van der Waals surface area contributed by atoms with Crippen molar-refractivity contribution in [3.8, 4) is 0 Å². The zero-order chi connectivity index (χ0) is 14.2. The molecule has 1 aliphatic heterocycles. The first-order valence-electron chi connectivity index (χ1n) is 6.14. The lowest BCUT2D eigenvalue weighted by atomic mass is 10.1. The van der Waals surface area contributed by atoms with Crippen molar-refractivity contribution in [3.05, 3.63) is 23.8 Å². The lowest BCUT2D eigenvalue weighted by Gasteiger charge is -2.26. The van der Waals surface area contributed by atoms with Crippen LogP contribution in [0.4, 0.5) is 11.4 Å². The van der Waals surface area contributed by atoms with Crippen molar-refractivity contribution >= 4 is 27.0 Å². The van der Waals surface area contributed by atoms with Gasteiger partial charge in [0, 0.05) is 30.0 Å². The zero-order valence-electron chi connectivity index (χ0n) is 11.1. The minimum Gasteiger partial charge on any atom is -0.398 e. The predicted octanol–water partition coefficient (Wildman–Crippen LogP) is 1.09. The predicted molar refractivity (Wildman–Crippen MR) is 76.3 cm³/mol. The molecule has 0 amide bonds. The van der Waals surface area contributed by atoms with E-state index >= 15 is 0 Å². The van der Waals surface area contributed by atoms with Crippen LogP contribution in [0.2, 0.25) is 0 Å². The third-order valence-corrected chi connectivity index (χ3v) is 5.33. The van der Waals surface area contributed by atoms with E-state index < -0.39 is 9.84 Å². The highest BCUT2D eigenvalue weighted by Gasteiger charge is 2.31. The fourth-order valence-corrected chi connectivity index (χ4v) is 4.13. The molecule has 0 radical (unpaired) electrons. The van der Waals surface area contributed by atoms with E-state index in [4.69, 9.17) is 5.73 Å². The largest absolute Gasteiger partial charge is 0.398 e. The van der Waals surface area contributed by atoms with Crippen LogP contribution in [0.25, 0.3) is 0 Å². The molecule has 1 saturated heterocycles. The molecule has 0 spiro atoms. The van der Waals surface area contributed by atoms with Crippen LogP contribution < -0.4 is 10.6 Å². The summed E-state index contributed by atoms with van der Waals surface area (Å²) in [4.78, 5) is 13.4. The summed E-state index contributed by atoms with van der Waals surface area (Å²) in [5.41, 5.74) is 7.50. The Bertz CT molecular complexity index is 610. The van der Waals surface area contributed by atoms with Crippen LogP contribution in [0, 0.1) is 0 Å². The molecule has 5 nitrogen and oxygen atoms in total. The molecule has 1 aromatic rings. The van der Waals surface area contributed by atoms with E-state index in [1.165, 1.54) is 6.92 Å². The first-order valence-corrected chi connectivity index (χ1v) is 7.96. The minimum atomic E-state index is -2.92. The van der Waals surface area contributed by atoms with Crippen LogP contribution >= 0.6 is 0 Å². The second-order valence-corrected chi connectivity index (χ2v) is 7.22. The first kappa shape index (κ1) is 13.9. The normalized spacial score (nSPS) is 21.3. The Morgan fingerprint density at radius 1 is 1.42 bits per heavy atom. The molecule has 2 N–H and O–H groups in total. The van der Waals surface area contributed by atoms with Gasteiger partial charge < -0.3 is 10.6 Å². The number of hydrogen-bond acceptors (Lipinski definition) is 5. The van der Waals surface area contributed by atoms with Crippen LogP contribution in [0.15, 0.2) is 18.2 Å². The highest BCUT2D eigenvalue weighted by Crippen LogP contribution is 2.26. The third kappa shape index (κ3) is 2.89. The molecule has 1 heterocycles. The Hall–Kier alpha value is -1.56. The van der Waals surface area contributed by atoms with Crippen LogP contribution in [0.5, 0.6) is 0 Å². The molecule has 1 aromatic carbocycles. The molecule has 2 rings (SSSR count). The Morgan fingerprint density at radius 3 is 2.63 bits per heavy atom. The fourth-order valence-electron chi connectivity index (χ4n) is 2.36. The first-order chi connectivity index (χ1) is 8.80. The van der Waals surface area contributed by atoms with Crippen molar-refractivity contribution in [2.75, 3.05) is 29.2 Å². The van der Waals surface area contributed by atoms with Gasteiger partial charge in [-0.15, -0.1) is 0 Å². The molecule has 1 fully saturated rings. The number of nitrogens with zero attached hydrogens (tertiary/aromatic N) is 1. The molecule has 19 heavy (non-hydrogen) atoms. The molecular weight excluding hydrogens is 264 g/mol. The summed E-state index contributed by atoms with van der Waals surface area (Å²) < 4.78 is 23.0. The Labute approximate surface area is 113 Å². The summed E-state index contributed by atoms with van der Waals surface area (Å²) in [6.07, 6.45) is 0.624. The number of nitrogens with two attached hydrogens (primary N) is 1. The number of sulfone groups is 1. The fraction of sp³-hybridized carbons (Fsp3) is 0.462. The van der Waals surface area contributed by atoms with E-state index in [1.807, 2.05) is 18.0 Å². The van der Waals surface area contributed by atoms with Crippen molar-refractivity contribution in [1.29, 1.82) is 0 Å². The van der Waals surface area contributed by atoms with Gasteiger partial charge in [-0.2, -0.15) is 0 Å².